The Balaban J connectivity index is 2.61. The van der Waals surface area contributed by atoms with Gasteiger partial charge < -0.3 is 45.3 Å². The molecule has 0 heterocycles. The molecule has 0 spiro atoms. The van der Waals surface area contributed by atoms with Crippen molar-refractivity contribution in [2.75, 3.05) is 105 Å². The Bertz CT molecular complexity index is 2220. The van der Waals surface area contributed by atoms with E-state index in [2.05, 4.69) is 33.0 Å². The quantitative estimate of drug-likeness (QED) is 0.0478. The zero-order valence-electron chi connectivity index (χ0n) is 58.0. The van der Waals surface area contributed by atoms with Gasteiger partial charge in [-0.15, -0.1) is 0 Å². The molecule has 0 aliphatic heterocycles. The molecule has 2 aromatic rings. The van der Waals surface area contributed by atoms with E-state index in [0.29, 0.717) is 64.7 Å². The third-order valence-electron chi connectivity index (χ3n) is 17.4. The SMILES string of the molecule is CCCCCCCCCCN(CC(N)=O)C(=O)CN(CCCCCCCCCC)C(=O)CN(CCCCCCCCCC)C(=O)CN(CCCCCCCCCC)C(=O)CN(CCc1ccccc1)C(=O)CN(CCc1ccccc1)C(=O)CN(C=O)CCNC. The monoisotopic (exact) mass is 1270 g/mol. The van der Waals surface area contributed by atoms with E-state index in [9.17, 15) is 28.8 Å². The first-order valence-corrected chi connectivity index (χ1v) is 36.2. The second-order valence-electron chi connectivity index (χ2n) is 25.4. The van der Waals surface area contributed by atoms with Crippen molar-refractivity contribution in [1.29, 1.82) is 0 Å². The number of nitrogens with two attached hydrogens (primary N) is 1. The van der Waals surface area contributed by atoms with E-state index in [1.165, 1.54) is 90.2 Å². The topological polar surface area (TPSA) is 197 Å². The van der Waals surface area contributed by atoms with E-state index in [1.54, 1.807) is 21.7 Å². The first kappa shape index (κ1) is 81.3. The Morgan fingerprint density at radius 3 is 0.824 bits per heavy atom. The number of amides is 8. The molecule has 0 aliphatic carbocycles. The molecule has 0 atom stereocenters. The average molecular weight is 1270 g/mol. The third kappa shape index (κ3) is 40.7. The van der Waals surface area contributed by atoms with Crippen LogP contribution in [0.25, 0.3) is 0 Å². The van der Waals surface area contributed by atoms with Crippen molar-refractivity contribution in [2.45, 2.75) is 246 Å². The highest BCUT2D eigenvalue weighted by Gasteiger charge is 2.30. The van der Waals surface area contributed by atoms with Crippen LogP contribution in [-0.4, -0.2) is 187 Å². The highest BCUT2D eigenvalue weighted by atomic mass is 16.2. The number of hydrogen-bond acceptors (Lipinski definition) is 9. The van der Waals surface area contributed by atoms with Gasteiger partial charge in [0.15, 0.2) is 0 Å². The van der Waals surface area contributed by atoms with Gasteiger partial charge in [0.1, 0.15) is 0 Å². The van der Waals surface area contributed by atoms with Crippen molar-refractivity contribution < 1.29 is 38.4 Å². The zero-order chi connectivity index (χ0) is 66.4. The molecule has 0 unspecified atom stereocenters. The van der Waals surface area contributed by atoms with Crippen LogP contribution < -0.4 is 11.1 Å². The van der Waals surface area contributed by atoms with Gasteiger partial charge in [0.05, 0.1) is 45.8 Å². The van der Waals surface area contributed by atoms with E-state index >= 15 is 9.59 Å². The minimum atomic E-state index is -0.611. The van der Waals surface area contributed by atoms with Crippen LogP contribution in [0.15, 0.2) is 60.7 Å². The summed E-state index contributed by atoms with van der Waals surface area (Å²) in [5, 5.41) is 3.02. The summed E-state index contributed by atoms with van der Waals surface area (Å²) in [5.41, 5.74) is 7.68. The lowest BCUT2D eigenvalue weighted by Gasteiger charge is -2.32. The average Bonchev–Trinajstić information content (AvgIpc) is 1.82. The number of rotatable bonds is 60. The predicted molar refractivity (Wildman–Crippen MR) is 371 cm³/mol. The second-order valence-corrected chi connectivity index (χ2v) is 25.4. The summed E-state index contributed by atoms with van der Waals surface area (Å²) < 4.78 is 0. The van der Waals surface area contributed by atoms with Crippen LogP contribution >= 0.6 is 0 Å². The molecular formula is C74H127N9O8. The van der Waals surface area contributed by atoms with E-state index in [4.69, 9.17) is 5.73 Å². The Kier molecular flexibility index (Phi) is 48.8. The smallest absolute Gasteiger partial charge is 0.242 e. The predicted octanol–water partition coefficient (Wildman–Crippen LogP) is 12.2. The van der Waals surface area contributed by atoms with Crippen molar-refractivity contribution in [3.8, 4) is 0 Å². The fourth-order valence-electron chi connectivity index (χ4n) is 11.5. The number of nitrogens with one attached hydrogen (secondary N) is 1. The molecule has 17 nitrogen and oxygen atoms in total. The fraction of sp³-hybridized carbons (Fsp3) is 0.730. The van der Waals surface area contributed by atoms with Gasteiger partial charge in [-0.25, -0.2) is 0 Å². The molecule has 0 fully saturated rings. The van der Waals surface area contributed by atoms with Crippen molar-refractivity contribution in [1.82, 2.24) is 39.6 Å². The van der Waals surface area contributed by atoms with E-state index in [1.807, 2.05) is 60.7 Å². The molecule has 0 radical (unpaired) electrons. The van der Waals surface area contributed by atoms with Crippen molar-refractivity contribution >= 4 is 47.8 Å². The van der Waals surface area contributed by atoms with Gasteiger partial charge in [-0.2, -0.15) is 0 Å². The normalized spacial score (nSPS) is 11.1. The third-order valence-corrected chi connectivity index (χ3v) is 17.4. The maximum Gasteiger partial charge on any atom is 0.242 e. The number of nitrogens with zero attached hydrogens (tertiary/aromatic N) is 7. The lowest BCUT2D eigenvalue weighted by atomic mass is 10.1. The van der Waals surface area contributed by atoms with Crippen LogP contribution in [0.3, 0.4) is 0 Å². The number of carbonyl (C=O) groups excluding carboxylic acids is 8. The van der Waals surface area contributed by atoms with Gasteiger partial charge in [0, 0.05) is 52.4 Å². The van der Waals surface area contributed by atoms with E-state index < -0.39 is 23.6 Å². The Labute approximate surface area is 552 Å². The number of primary amides is 1. The maximum absolute atomic E-state index is 15.2. The maximum atomic E-state index is 15.2. The van der Waals surface area contributed by atoms with Crippen LogP contribution in [0.1, 0.15) is 244 Å². The van der Waals surface area contributed by atoms with Crippen LogP contribution in [0.5, 0.6) is 0 Å². The number of unbranched alkanes of at least 4 members (excludes halogenated alkanes) is 28. The summed E-state index contributed by atoms with van der Waals surface area (Å²) in [4.78, 5) is 124. The second kappa shape index (κ2) is 54.7. The molecule has 0 aliphatic rings. The molecular weight excluding hydrogens is 1140 g/mol. The van der Waals surface area contributed by atoms with Crippen LogP contribution in [0, 0.1) is 0 Å². The Hall–Kier alpha value is -5.84. The van der Waals surface area contributed by atoms with E-state index in [0.717, 1.165) is 127 Å². The summed E-state index contributed by atoms with van der Waals surface area (Å²) in [7, 11) is 1.77. The minimum absolute atomic E-state index is 0.167. The standard InChI is InChI=1S/C74H127N9O8/c1-6-10-14-18-22-26-30-40-51-78(58-68(75)85)70(87)60-79(52-41-31-27-23-19-15-11-7-2)71(88)61-80(53-42-32-28-24-20-16-12-8-3)72(89)62-81(54-43-33-29-25-21-17-13-9-4)73(90)63-83(56-49-67-46-38-35-39-47-67)74(91)64-82(55-48-66-44-36-34-37-45-66)69(86)59-77(65-84)57-50-76-5/h34-39,44-47,65,76H,6-33,40-43,48-64H2,1-5H3,(H2,75,85). The molecule has 2 aromatic carbocycles. The lowest BCUT2D eigenvalue weighted by Crippen LogP contribution is -2.52. The molecule has 8 amide bonds. The molecule has 2 rings (SSSR count). The van der Waals surface area contributed by atoms with E-state index in [-0.39, 0.29) is 89.7 Å². The largest absolute Gasteiger partial charge is 0.368 e. The first-order chi connectivity index (χ1) is 44.3. The first-order valence-electron chi connectivity index (χ1n) is 36.2. The molecule has 0 saturated carbocycles. The number of carbonyl (C=O) groups is 8. The van der Waals surface area contributed by atoms with Crippen molar-refractivity contribution in [3.63, 3.8) is 0 Å². The van der Waals surface area contributed by atoms with Gasteiger partial charge >= 0.3 is 0 Å². The highest BCUT2D eigenvalue weighted by molar-refractivity contribution is 5.93. The summed E-state index contributed by atoms with van der Waals surface area (Å²) >= 11 is 0. The molecule has 0 bridgehead atoms. The van der Waals surface area contributed by atoms with Gasteiger partial charge in [-0.3, -0.25) is 38.4 Å². The molecule has 516 valence electrons. The summed E-state index contributed by atoms with van der Waals surface area (Å²) in [6.07, 6.45) is 35.0. The molecule has 0 saturated heterocycles. The zero-order valence-corrected chi connectivity index (χ0v) is 58.0. The fourth-order valence-corrected chi connectivity index (χ4v) is 11.5. The number of benzene rings is 2. The van der Waals surface area contributed by atoms with Crippen LogP contribution in [0.2, 0.25) is 0 Å². The summed E-state index contributed by atoms with van der Waals surface area (Å²) in [5.74, 6) is -2.94. The van der Waals surface area contributed by atoms with Gasteiger partial charge in [0.2, 0.25) is 47.8 Å². The molecule has 17 heteroatoms. The molecule has 91 heavy (non-hydrogen) atoms. The Morgan fingerprint density at radius 2 is 0.571 bits per heavy atom. The lowest BCUT2D eigenvalue weighted by molar-refractivity contribution is -0.148. The van der Waals surface area contributed by atoms with Crippen molar-refractivity contribution in [3.05, 3.63) is 71.8 Å². The summed E-state index contributed by atoms with van der Waals surface area (Å²) in [6.45, 7) is 9.24. The van der Waals surface area contributed by atoms with Crippen LogP contribution in [0.4, 0.5) is 0 Å². The number of hydrogen-bond donors (Lipinski definition) is 2. The molecule has 3 N–H and O–H groups in total. The van der Waals surface area contributed by atoms with Gasteiger partial charge in [-0.1, -0.05) is 268 Å². The minimum Gasteiger partial charge on any atom is -0.368 e. The number of likely N-dealkylation sites (N-methyl/N-ethyl adjacent to an activating group) is 1. The highest BCUT2D eigenvalue weighted by Crippen LogP contribution is 2.16. The van der Waals surface area contributed by atoms with Gasteiger partial charge in [-0.05, 0) is 56.7 Å². The Morgan fingerprint density at radius 1 is 0.330 bits per heavy atom. The molecule has 0 aromatic heterocycles. The summed E-state index contributed by atoms with van der Waals surface area (Å²) in [6, 6.07) is 19.4. The van der Waals surface area contributed by atoms with Crippen molar-refractivity contribution in [2.24, 2.45) is 5.73 Å². The van der Waals surface area contributed by atoms with Gasteiger partial charge in [0.25, 0.3) is 0 Å². The van der Waals surface area contributed by atoms with Crippen LogP contribution in [-0.2, 0) is 51.2 Å².